The van der Waals surface area contributed by atoms with Crippen LogP contribution in [0.25, 0.3) is 11.3 Å². The molecular weight excluding hydrogens is 452 g/mol. The van der Waals surface area contributed by atoms with Gasteiger partial charge in [-0.1, -0.05) is 19.9 Å². The lowest BCUT2D eigenvalue weighted by Gasteiger charge is -2.17. The molecule has 0 aliphatic heterocycles. The Morgan fingerprint density at radius 2 is 1.97 bits per heavy atom. The fourth-order valence-corrected chi connectivity index (χ4v) is 4.47. The van der Waals surface area contributed by atoms with Crippen molar-refractivity contribution in [3.63, 3.8) is 0 Å². The molecule has 1 aromatic heterocycles. The van der Waals surface area contributed by atoms with E-state index in [0.29, 0.717) is 42.0 Å². The molecule has 1 aliphatic carbocycles. The summed E-state index contributed by atoms with van der Waals surface area (Å²) in [4.78, 5) is 21.3. The highest BCUT2D eigenvalue weighted by Crippen LogP contribution is 2.39. The number of nitrogens with one attached hydrogen (secondary N) is 2. The lowest BCUT2D eigenvalue weighted by atomic mass is 9.90. The SMILES string of the molecule is CNCCOc1c(N)ncnc1-c1cc(F)cc(NC(=O)c2ccc3c(c2F)CC(C)(C)C3)c1C. The minimum Gasteiger partial charge on any atom is -0.486 e. The van der Waals surface area contributed by atoms with E-state index in [1.807, 2.05) is 0 Å². The van der Waals surface area contributed by atoms with Crippen molar-refractivity contribution in [3.05, 3.63) is 64.5 Å². The monoisotopic (exact) mass is 481 g/mol. The summed E-state index contributed by atoms with van der Waals surface area (Å²) in [5, 5.41) is 5.64. The number of anilines is 2. The zero-order valence-electron chi connectivity index (χ0n) is 20.3. The van der Waals surface area contributed by atoms with Crippen LogP contribution in [-0.2, 0) is 12.8 Å². The van der Waals surface area contributed by atoms with Gasteiger partial charge in [-0.25, -0.2) is 18.7 Å². The van der Waals surface area contributed by atoms with Crippen molar-refractivity contribution in [2.24, 2.45) is 5.41 Å². The summed E-state index contributed by atoms with van der Waals surface area (Å²) < 4.78 is 35.7. The maximum Gasteiger partial charge on any atom is 0.258 e. The molecule has 3 aromatic rings. The van der Waals surface area contributed by atoms with E-state index < -0.39 is 17.5 Å². The Morgan fingerprint density at radius 1 is 1.20 bits per heavy atom. The van der Waals surface area contributed by atoms with Crippen LogP contribution in [0.15, 0.2) is 30.6 Å². The number of hydrogen-bond acceptors (Lipinski definition) is 6. The number of halogens is 2. The molecule has 1 amide bonds. The third-order valence-corrected chi connectivity index (χ3v) is 6.21. The van der Waals surface area contributed by atoms with Crippen molar-refractivity contribution < 1.29 is 18.3 Å². The molecule has 1 heterocycles. The van der Waals surface area contributed by atoms with E-state index in [1.54, 1.807) is 20.0 Å². The minimum atomic E-state index is -0.651. The van der Waals surface area contributed by atoms with E-state index in [9.17, 15) is 9.18 Å². The van der Waals surface area contributed by atoms with Crippen LogP contribution in [-0.4, -0.2) is 36.1 Å². The number of rotatable bonds is 7. The number of hydrogen-bond donors (Lipinski definition) is 3. The number of carbonyl (C=O) groups is 1. The van der Waals surface area contributed by atoms with Crippen molar-refractivity contribution in [1.82, 2.24) is 15.3 Å². The molecule has 0 bridgehead atoms. The first-order valence-electron chi connectivity index (χ1n) is 11.4. The smallest absolute Gasteiger partial charge is 0.258 e. The van der Waals surface area contributed by atoms with Gasteiger partial charge < -0.3 is 21.1 Å². The molecular formula is C26H29F2N5O2. The van der Waals surface area contributed by atoms with Gasteiger partial charge in [0.15, 0.2) is 11.6 Å². The highest BCUT2D eigenvalue weighted by atomic mass is 19.1. The van der Waals surface area contributed by atoms with E-state index in [4.69, 9.17) is 10.5 Å². The summed E-state index contributed by atoms with van der Waals surface area (Å²) in [6, 6.07) is 5.76. The van der Waals surface area contributed by atoms with Gasteiger partial charge >= 0.3 is 0 Å². The van der Waals surface area contributed by atoms with Crippen molar-refractivity contribution in [2.75, 3.05) is 31.2 Å². The van der Waals surface area contributed by atoms with E-state index >= 15 is 4.39 Å². The van der Waals surface area contributed by atoms with Gasteiger partial charge in [0.1, 0.15) is 30.3 Å². The number of fused-ring (bicyclic) bond motifs is 1. The lowest BCUT2D eigenvalue weighted by Crippen LogP contribution is -2.17. The molecule has 0 unspecified atom stereocenters. The third kappa shape index (κ3) is 4.95. The zero-order chi connectivity index (χ0) is 25.3. The predicted octanol–water partition coefficient (Wildman–Crippen LogP) is 4.29. The van der Waals surface area contributed by atoms with Gasteiger partial charge in [0.05, 0.1) is 5.56 Å². The van der Waals surface area contributed by atoms with Crippen LogP contribution in [0.1, 0.15) is 40.9 Å². The van der Waals surface area contributed by atoms with Crippen LogP contribution >= 0.6 is 0 Å². The molecule has 4 N–H and O–H groups in total. The van der Waals surface area contributed by atoms with Gasteiger partial charge in [-0.2, -0.15) is 0 Å². The quantitative estimate of drug-likeness (QED) is 0.435. The Bertz CT molecular complexity index is 1290. The van der Waals surface area contributed by atoms with Crippen molar-refractivity contribution >= 4 is 17.4 Å². The predicted molar refractivity (Wildman–Crippen MR) is 132 cm³/mol. The summed E-state index contributed by atoms with van der Waals surface area (Å²) in [5.74, 6) is -1.44. The molecule has 0 saturated heterocycles. The topological polar surface area (TPSA) is 102 Å². The van der Waals surface area contributed by atoms with Crippen LogP contribution in [0, 0.1) is 24.0 Å². The first kappa shape index (κ1) is 24.5. The molecule has 0 atom stereocenters. The van der Waals surface area contributed by atoms with Gasteiger partial charge in [-0.05, 0) is 67.1 Å². The Hall–Kier alpha value is -3.59. The number of nitrogens with zero attached hydrogens (tertiary/aromatic N) is 2. The summed E-state index contributed by atoms with van der Waals surface area (Å²) >= 11 is 0. The second-order valence-corrected chi connectivity index (χ2v) is 9.55. The lowest BCUT2D eigenvalue weighted by molar-refractivity contribution is 0.102. The van der Waals surface area contributed by atoms with Crippen LogP contribution in [0.3, 0.4) is 0 Å². The zero-order valence-corrected chi connectivity index (χ0v) is 20.3. The molecule has 0 radical (unpaired) electrons. The first-order valence-corrected chi connectivity index (χ1v) is 11.4. The van der Waals surface area contributed by atoms with Crippen LogP contribution in [0.2, 0.25) is 0 Å². The number of amides is 1. The molecule has 7 nitrogen and oxygen atoms in total. The Kier molecular flexibility index (Phi) is 6.71. The van der Waals surface area contributed by atoms with Gasteiger partial charge in [0.2, 0.25) is 0 Å². The summed E-state index contributed by atoms with van der Waals surface area (Å²) in [5.41, 5.74) is 8.76. The molecule has 35 heavy (non-hydrogen) atoms. The summed E-state index contributed by atoms with van der Waals surface area (Å²) in [7, 11) is 1.78. The summed E-state index contributed by atoms with van der Waals surface area (Å²) in [6.45, 7) is 6.71. The molecule has 1 aliphatic rings. The number of nitrogens with two attached hydrogens (primary N) is 1. The number of benzene rings is 2. The second-order valence-electron chi connectivity index (χ2n) is 9.55. The summed E-state index contributed by atoms with van der Waals surface area (Å²) in [6.07, 6.45) is 2.58. The van der Waals surface area contributed by atoms with Gasteiger partial charge in [0, 0.05) is 17.8 Å². The standard InChI is InChI=1S/C26H29F2N5O2/c1-14-18(22-23(35-8-7-30-4)24(29)32-13-31-22)9-16(27)10-20(14)33-25(34)17-6-5-15-11-26(2,3)12-19(15)21(17)28/h5-6,9-10,13,30H,7-8,11-12H2,1-4H3,(H,33,34)(H2,29,31,32). The largest absolute Gasteiger partial charge is 0.486 e. The molecule has 4 rings (SSSR count). The van der Waals surface area contributed by atoms with Crippen LogP contribution < -0.4 is 21.1 Å². The number of carbonyl (C=O) groups excluding carboxylic acids is 1. The molecule has 0 fully saturated rings. The molecule has 9 heteroatoms. The van der Waals surface area contributed by atoms with Crippen LogP contribution in [0.5, 0.6) is 5.75 Å². The van der Waals surface area contributed by atoms with Gasteiger partial charge in [0.25, 0.3) is 5.91 Å². The van der Waals surface area contributed by atoms with Crippen molar-refractivity contribution in [2.45, 2.75) is 33.6 Å². The molecule has 0 spiro atoms. The minimum absolute atomic E-state index is 0.0569. The van der Waals surface area contributed by atoms with Crippen molar-refractivity contribution in [1.29, 1.82) is 0 Å². The fourth-order valence-electron chi connectivity index (χ4n) is 4.47. The highest BCUT2D eigenvalue weighted by Gasteiger charge is 2.32. The number of likely N-dealkylation sites (N-methyl/N-ethyl adjacent to an activating group) is 1. The molecule has 2 aromatic carbocycles. The van der Waals surface area contributed by atoms with E-state index in [2.05, 4.69) is 34.4 Å². The first-order chi connectivity index (χ1) is 16.6. The van der Waals surface area contributed by atoms with Gasteiger partial charge in [-0.3, -0.25) is 4.79 Å². The number of aromatic nitrogens is 2. The molecule has 184 valence electrons. The Morgan fingerprint density at radius 3 is 2.71 bits per heavy atom. The normalized spacial score (nSPS) is 14.0. The maximum absolute atomic E-state index is 15.3. The molecule has 0 saturated carbocycles. The fraction of sp³-hybridized carbons (Fsp3) is 0.346. The van der Waals surface area contributed by atoms with E-state index in [1.165, 1.54) is 24.5 Å². The second kappa shape index (κ2) is 9.58. The van der Waals surface area contributed by atoms with Gasteiger partial charge in [-0.15, -0.1) is 0 Å². The van der Waals surface area contributed by atoms with E-state index in [-0.39, 0.29) is 28.2 Å². The van der Waals surface area contributed by atoms with Crippen molar-refractivity contribution in [3.8, 4) is 17.0 Å². The maximum atomic E-state index is 15.3. The van der Waals surface area contributed by atoms with E-state index in [0.717, 1.165) is 12.0 Å². The Labute approximate surface area is 203 Å². The average Bonchev–Trinajstić information content (AvgIpc) is 3.12. The average molecular weight is 482 g/mol. The number of ether oxygens (including phenoxy) is 1. The number of nitrogen functional groups attached to an aromatic ring is 1. The highest BCUT2D eigenvalue weighted by molar-refractivity contribution is 6.05. The van der Waals surface area contributed by atoms with Crippen LogP contribution in [0.4, 0.5) is 20.3 Å². The Balaban J connectivity index is 1.68. The third-order valence-electron chi connectivity index (χ3n) is 6.21.